The Kier molecular flexibility index (Phi) is 4.86. The summed E-state index contributed by atoms with van der Waals surface area (Å²) in [7, 11) is -2.34. The summed E-state index contributed by atoms with van der Waals surface area (Å²) >= 11 is 0. The fourth-order valence-electron chi connectivity index (χ4n) is 2.92. The molecule has 0 spiro atoms. The first-order valence-corrected chi connectivity index (χ1v) is 9.61. The molecule has 1 aliphatic rings. The molecular formula is C18H20FN3O3S. The van der Waals surface area contributed by atoms with E-state index in [1.807, 2.05) is 30.3 Å². The van der Waals surface area contributed by atoms with Gasteiger partial charge in [0.25, 0.3) is 0 Å². The minimum absolute atomic E-state index is 0.0242. The molecule has 0 unspecified atom stereocenters. The van der Waals surface area contributed by atoms with Gasteiger partial charge in [0.15, 0.2) is 0 Å². The van der Waals surface area contributed by atoms with Crippen LogP contribution in [0, 0.1) is 5.82 Å². The fourth-order valence-corrected chi connectivity index (χ4v) is 4.34. The van der Waals surface area contributed by atoms with Crippen LogP contribution in [0.15, 0.2) is 48.5 Å². The van der Waals surface area contributed by atoms with Crippen LogP contribution in [0.2, 0.25) is 0 Å². The minimum atomic E-state index is -3.76. The third-order valence-electron chi connectivity index (χ3n) is 4.48. The van der Waals surface area contributed by atoms with Gasteiger partial charge in [-0.3, -0.25) is 9.10 Å². The minimum Gasteiger partial charge on any atom is -0.354 e. The maximum absolute atomic E-state index is 13.5. The molecule has 2 aromatic rings. The van der Waals surface area contributed by atoms with E-state index in [1.165, 1.54) is 25.2 Å². The molecule has 8 heteroatoms. The predicted molar refractivity (Wildman–Crippen MR) is 98.9 cm³/mol. The monoisotopic (exact) mass is 377 g/mol. The summed E-state index contributed by atoms with van der Waals surface area (Å²) < 4.78 is 40.8. The van der Waals surface area contributed by atoms with Gasteiger partial charge in [-0.05, 0) is 24.6 Å². The van der Waals surface area contributed by atoms with E-state index in [0.717, 1.165) is 14.2 Å². The van der Waals surface area contributed by atoms with Crippen molar-refractivity contribution in [3.05, 3.63) is 59.9 Å². The largest absolute Gasteiger partial charge is 0.354 e. The molecule has 0 aromatic heterocycles. The van der Waals surface area contributed by atoms with Crippen LogP contribution in [0.5, 0.6) is 0 Å². The number of hydrogen-bond donors (Lipinski definition) is 1. The average Bonchev–Trinajstić information content (AvgIpc) is 2.81. The number of nitrogens with one attached hydrogen (secondary N) is 1. The van der Waals surface area contributed by atoms with Gasteiger partial charge < -0.3 is 5.32 Å². The maximum Gasteiger partial charge on any atom is 0.326 e. The van der Waals surface area contributed by atoms with Gasteiger partial charge in [-0.15, -0.1) is 0 Å². The van der Waals surface area contributed by atoms with Crippen molar-refractivity contribution in [3.8, 4) is 0 Å². The van der Waals surface area contributed by atoms with Gasteiger partial charge in [-0.2, -0.15) is 8.42 Å². The second-order valence-electron chi connectivity index (χ2n) is 6.10. The van der Waals surface area contributed by atoms with Crippen LogP contribution < -0.4 is 13.9 Å². The number of carbonyl (C=O) groups is 1. The van der Waals surface area contributed by atoms with Crippen molar-refractivity contribution in [1.82, 2.24) is 5.32 Å². The van der Waals surface area contributed by atoms with Gasteiger partial charge in [0.2, 0.25) is 5.91 Å². The number of rotatable bonds is 5. The maximum atomic E-state index is 13.5. The molecule has 26 heavy (non-hydrogen) atoms. The van der Waals surface area contributed by atoms with E-state index in [2.05, 4.69) is 5.32 Å². The summed E-state index contributed by atoms with van der Waals surface area (Å²) in [5.74, 6) is -1.06. The average molecular weight is 377 g/mol. The Bertz CT molecular complexity index is 919. The summed E-state index contributed by atoms with van der Waals surface area (Å²) in [4.78, 5) is 12.3. The molecule has 1 atom stereocenters. The molecule has 0 saturated carbocycles. The van der Waals surface area contributed by atoms with Crippen LogP contribution in [-0.4, -0.2) is 34.5 Å². The zero-order chi connectivity index (χ0) is 18.9. The second-order valence-corrected chi connectivity index (χ2v) is 7.99. The number of nitrogens with zero attached hydrogens (tertiary/aromatic N) is 2. The lowest BCUT2D eigenvalue weighted by Gasteiger charge is -2.20. The Hall–Kier alpha value is -2.61. The van der Waals surface area contributed by atoms with Gasteiger partial charge in [0, 0.05) is 19.7 Å². The van der Waals surface area contributed by atoms with Gasteiger partial charge in [0.1, 0.15) is 5.82 Å². The zero-order valence-corrected chi connectivity index (χ0v) is 15.3. The van der Waals surface area contributed by atoms with Crippen LogP contribution in [-0.2, 0) is 15.0 Å². The number of amides is 1. The molecule has 3 rings (SSSR count). The number of carbonyl (C=O) groups excluding carboxylic acids is 1. The molecular weight excluding hydrogens is 357 g/mol. The Labute approximate surface area is 152 Å². The number of halogens is 1. The number of anilines is 2. The molecule has 0 bridgehead atoms. The normalized spacial score (nSPS) is 16.3. The van der Waals surface area contributed by atoms with Crippen LogP contribution in [0.4, 0.5) is 15.8 Å². The van der Waals surface area contributed by atoms with Crippen LogP contribution >= 0.6 is 0 Å². The van der Waals surface area contributed by atoms with Gasteiger partial charge in [0.05, 0.1) is 23.8 Å². The zero-order valence-electron chi connectivity index (χ0n) is 14.5. The summed E-state index contributed by atoms with van der Waals surface area (Å²) in [5.41, 5.74) is 1.57. The number of hydrogen-bond acceptors (Lipinski definition) is 3. The van der Waals surface area contributed by atoms with E-state index in [9.17, 15) is 17.6 Å². The second kappa shape index (κ2) is 6.95. The highest BCUT2D eigenvalue weighted by molar-refractivity contribution is 7.94. The lowest BCUT2D eigenvalue weighted by molar-refractivity contribution is -0.122. The lowest BCUT2D eigenvalue weighted by atomic mass is 10.0. The van der Waals surface area contributed by atoms with Crippen molar-refractivity contribution >= 4 is 27.5 Å². The standard InChI is InChI=1S/C18H20FN3O3S/c1-13(14-6-4-3-5-7-14)18(23)20-10-11-22-17-12-15(19)8-9-16(17)21(2)26(22,24)25/h3-9,12-13H,10-11H2,1-2H3,(H,20,23)/t13-/m0/s1. The van der Waals surface area contributed by atoms with Crippen molar-refractivity contribution in [2.45, 2.75) is 12.8 Å². The van der Waals surface area contributed by atoms with Gasteiger partial charge in [-0.25, -0.2) is 8.70 Å². The van der Waals surface area contributed by atoms with Crippen molar-refractivity contribution in [2.24, 2.45) is 0 Å². The van der Waals surface area contributed by atoms with E-state index >= 15 is 0 Å². The summed E-state index contributed by atoms with van der Waals surface area (Å²) in [6.07, 6.45) is 0. The summed E-state index contributed by atoms with van der Waals surface area (Å²) in [6.45, 7) is 1.94. The van der Waals surface area contributed by atoms with Crippen molar-refractivity contribution < 1.29 is 17.6 Å². The van der Waals surface area contributed by atoms with E-state index in [-0.39, 0.29) is 30.6 Å². The van der Waals surface area contributed by atoms with Gasteiger partial charge >= 0.3 is 10.2 Å². The molecule has 138 valence electrons. The Morgan fingerprint density at radius 1 is 1.15 bits per heavy atom. The molecule has 1 heterocycles. The highest BCUT2D eigenvalue weighted by atomic mass is 32.2. The quantitative estimate of drug-likeness (QED) is 0.869. The third-order valence-corrected chi connectivity index (χ3v) is 6.30. The fraction of sp³-hybridized carbons (Fsp3) is 0.278. The van der Waals surface area contributed by atoms with Crippen LogP contribution in [0.3, 0.4) is 0 Å². The molecule has 0 radical (unpaired) electrons. The highest BCUT2D eigenvalue weighted by Crippen LogP contribution is 2.39. The van der Waals surface area contributed by atoms with E-state index in [0.29, 0.717) is 5.69 Å². The van der Waals surface area contributed by atoms with Crippen LogP contribution in [0.25, 0.3) is 0 Å². The summed E-state index contributed by atoms with van der Waals surface area (Å²) in [5, 5.41) is 2.75. The van der Waals surface area contributed by atoms with Crippen molar-refractivity contribution in [3.63, 3.8) is 0 Å². The molecule has 1 amide bonds. The number of benzene rings is 2. The van der Waals surface area contributed by atoms with Crippen molar-refractivity contribution in [1.29, 1.82) is 0 Å². The summed E-state index contributed by atoms with van der Waals surface area (Å²) in [6, 6.07) is 13.2. The molecule has 2 aromatic carbocycles. The van der Waals surface area contributed by atoms with Crippen molar-refractivity contribution in [2.75, 3.05) is 28.7 Å². The predicted octanol–water partition coefficient (Wildman–Crippen LogP) is 2.25. The number of fused-ring (bicyclic) bond motifs is 1. The first-order chi connectivity index (χ1) is 12.3. The van der Waals surface area contributed by atoms with E-state index in [4.69, 9.17) is 0 Å². The first-order valence-electron chi connectivity index (χ1n) is 8.21. The lowest BCUT2D eigenvalue weighted by Crippen LogP contribution is -2.41. The molecule has 1 aliphatic heterocycles. The van der Waals surface area contributed by atoms with Crippen LogP contribution in [0.1, 0.15) is 18.4 Å². The Morgan fingerprint density at radius 3 is 2.54 bits per heavy atom. The first kappa shape index (κ1) is 18.2. The molecule has 6 nitrogen and oxygen atoms in total. The molecule has 0 fully saturated rings. The third kappa shape index (κ3) is 3.24. The Balaban J connectivity index is 1.68. The SMILES string of the molecule is C[C@H](C(=O)NCCN1c2cc(F)ccc2N(C)S1(=O)=O)c1ccccc1. The van der Waals surface area contributed by atoms with Gasteiger partial charge in [-0.1, -0.05) is 30.3 Å². The molecule has 1 N–H and O–H groups in total. The smallest absolute Gasteiger partial charge is 0.326 e. The molecule has 0 aliphatic carbocycles. The van der Waals surface area contributed by atoms with E-state index in [1.54, 1.807) is 6.92 Å². The highest BCUT2D eigenvalue weighted by Gasteiger charge is 2.37. The topological polar surface area (TPSA) is 69.7 Å². The molecule has 0 saturated heterocycles. The Morgan fingerprint density at radius 2 is 1.85 bits per heavy atom. The van der Waals surface area contributed by atoms with E-state index < -0.39 is 16.0 Å².